The number of nitrogens with one attached hydrogen (secondary N) is 1. The van der Waals surface area contributed by atoms with Gasteiger partial charge in [0.25, 0.3) is 0 Å². The molecular weight excluding hydrogens is 321 g/mol. The van der Waals surface area contributed by atoms with Crippen molar-refractivity contribution >= 4 is 15.9 Å². The first-order chi connectivity index (χ1) is 9.58. The molecule has 1 heterocycles. The van der Waals surface area contributed by atoms with Crippen LogP contribution in [-0.4, -0.2) is 19.7 Å². The summed E-state index contributed by atoms with van der Waals surface area (Å²) in [6, 6.07) is 4.87. The highest BCUT2D eigenvalue weighted by Gasteiger charge is 2.28. The minimum atomic E-state index is -0.217. The molecule has 1 saturated heterocycles. The van der Waals surface area contributed by atoms with E-state index in [1.807, 2.05) is 6.07 Å². The Morgan fingerprint density at radius 2 is 2.25 bits per heavy atom. The van der Waals surface area contributed by atoms with E-state index >= 15 is 0 Å². The number of halogens is 2. The predicted octanol–water partition coefficient (Wildman–Crippen LogP) is 4.30. The first-order valence-corrected chi connectivity index (χ1v) is 8.14. The molecule has 1 aromatic rings. The van der Waals surface area contributed by atoms with Crippen molar-refractivity contribution < 1.29 is 9.13 Å². The van der Waals surface area contributed by atoms with Gasteiger partial charge in [0.15, 0.2) is 0 Å². The number of benzene rings is 1. The van der Waals surface area contributed by atoms with Crippen LogP contribution in [0.2, 0.25) is 0 Å². The molecule has 20 heavy (non-hydrogen) atoms. The zero-order valence-electron chi connectivity index (χ0n) is 12.2. The Hall–Kier alpha value is -0.450. The lowest BCUT2D eigenvalue weighted by Crippen LogP contribution is -2.33. The minimum absolute atomic E-state index is 0.0541. The van der Waals surface area contributed by atoms with Gasteiger partial charge in [0.1, 0.15) is 5.82 Å². The van der Waals surface area contributed by atoms with Gasteiger partial charge in [-0.25, -0.2) is 4.39 Å². The number of rotatable bonds is 5. The van der Waals surface area contributed by atoms with Crippen LogP contribution >= 0.6 is 15.9 Å². The molecule has 2 unspecified atom stereocenters. The number of hydrogen-bond donors (Lipinski definition) is 1. The normalized spacial score (nSPS) is 23.2. The van der Waals surface area contributed by atoms with Gasteiger partial charge < -0.3 is 10.1 Å². The van der Waals surface area contributed by atoms with Crippen LogP contribution in [-0.2, 0) is 4.74 Å². The molecule has 0 saturated carbocycles. The molecule has 4 heteroatoms. The highest BCUT2D eigenvalue weighted by Crippen LogP contribution is 2.37. The van der Waals surface area contributed by atoms with E-state index in [4.69, 9.17) is 4.74 Å². The van der Waals surface area contributed by atoms with E-state index in [-0.39, 0.29) is 11.9 Å². The molecule has 2 atom stereocenters. The summed E-state index contributed by atoms with van der Waals surface area (Å²) in [5, 5.41) is 3.52. The molecule has 0 radical (unpaired) electrons. The summed E-state index contributed by atoms with van der Waals surface area (Å²) in [6.45, 7) is 7.17. The molecule has 1 N–H and O–H groups in total. The Morgan fingerprint density at radius 3 is 2.95 bits per heavy atom. The average molecular weight is 344 g/mol. The van der Waals surface area contributed by atoms with Crippen molar-refractivity contribution in [3.8, 4) is 0 Å². The first kappa shape index (κ1) is 15.9. The van der Waals surface area contributed by atoms with Crippen molar-refractivity contribution in [1.82, 2.24) is 5.32 Å². The maximum absolute atomic E-state index is 13.2. The van der Waals surface area contributed by atoms with Crippen molar-refractivity contribution in [1.29, 1.82) is 0 Å². The Balaban J connectivity index is 2.06. The average Bonchev–Trinajstić information content (AvgIpc) is 2.39. The SMILES string of the molecule is CC(C)CNCC1CCCOC1c1ccc(F)cc1Br. The molecule has 1 fully saturated rings. The van der Waals surface area contributed by atoms with Crippen molar-refractivity contribution in [3.05, 3.63) is 34.1 Å². The highest BCUT2D eigenvalue weighted by molar-refractivity contribution is 9.10. The van der Waals surface area contributed by atoms with E-state index in [9.17, 15) is 4.39 Å². The van der Waals surface area contributed by atoms with Gasteiger partial charge in [0, 0.05) is 23.5 Å². The van der Waals surface area contributed by atoms with E-state index in [1.165, 1.54) is 12.1 Å². The lowest BCUT2D eigenvalue weighted by molar-refractivity contribution is -0.0283. The molecule has 0 aromatic heterocycles. The fourth-order valence-electron chi connectivity index (χ4n) is 2.69. The van der Waals surface area contributed by atoms with Crippen molar-refractivity contribution in [2.45, 2.75) is 32.8 Å². The standard InChI is InChI=1S/C16H23BrFNO/c1-11(2)9-19-10-12-4-3-7-20-16(12)14-6-5-13(18)8-15(14)17/h5-6,8,11-12,16,19H,3-4,7,9-10H2,1-2H3. The summed E-state index contributed by atoms with van der Waals surface area (Å²) in [6.07, 6.45) is 2.31. The van der Waals surface area contributed by atoms with Crippen molar-refractivity contribution in [3.63, 3.8) is 0 Å². The summed E-state index contributed by atoms with van der Waals surface area (Å²) in [4.78, 5) is 0. The molecule has 0 amide bonds. The molecule has 0 aliphatic carbocycles. The van der Waals surface area contributed by atoms with Gasteiger partial charge in [-0.15, -0.1) is 0 Å². The van der Waals surface area contributed by atoms with Crippen LogP contribution in [0.15, 0.2) is 22.7 Å². The van der Waals surface area contributed by atoms with E-state index in [2.05, 4.69) is 35.1 Å². The van der Waals surface area contributed by atoms with Crippen molar-refractivity contribution in [2.75, 3.05) is 19.7 Å². The molecule has 112 valence electrons. The lowest BCUT2D eigenvalue weighted by Gasteiger charge is -2.33. The third-order valence-electron chi connectivity index (χ3n) is 3.67. The second-order valence-corrected chi connectivity index (χ2v) is 6.77. The summed E-state index contributed by atoms with van der Waals surface area (Å²) in [5.74, 6) is 0.880. The summed E-state index contributed by atoms with van der Waals surface area (Å²) < 4.78 is 20.0. The molecule has 1 aliphatic rings. The highest BCUT2D eigenvalue weighted by atomic mass is 79.9. The largest absolute Gasteiger partial charge is 0.373 e. The smallest absolute Gasteiger partial charge is 0.124 e. The van der Waals surface area contributed by atoms with E-state index < -0.39 is 0 Å². The van der Waals surface area contributed by atoms with Gasteiger partial charge in [-0.05, 0) is 43.0 Å². The van der Waals surface area contributed by atoms with E-state index in [0.717, 1.165) is 42.6 Å². The van der Waals surface area contributed by atoms with Crippen LogP contribution in [0.3, 0.4) is 0 Å². The van der Waals surface area contributed by atoms with Gasteiger partial charge in [-0.1, -0.05) is 35.8 Å². The maximum atomic E-state index is 13.2. The lowest BCUT2D eigenvalue weighted by atomic mass is 9.89. The van der Waals surface area contributed by atoms with E-state index in [1.54, 1.807) is 0 Å². The fourth-order valence-corrected chi connectivity index (χ4v) is 3.26. The quantitative estimate of drug-likeness (QED) is 0.860. The molecular formula is C16H23BrFNO. The van der Waals surface area contributed by atoms with E-state index in [0.29, 0.717) is 11.8 Å². The molecule has 2 nitrogen and oxygen atoms in total. The number of ether oxygens (including phenoxy) is 1. The summed E-state index contributed by atoms with van der Waals surface area (Å²) >= 11 is 3.46. The Kier molecular flexibility index (Phi) is 6.00. The summed E-state index contributed by atoms with van der Waals surface area (Å²) in [7, 11) is 0. The third-order valence-corrected chi connectivity index (χ3v) is 4.36. The zero-order valence-corrected chi connectivity index (χ0v) is 13.7. The Labute approximate surface area is 129 Å². The minimum Gasteiger partial charge on any atom is -0.373 e. The predicted molar refractivity (Wildman–Crippen MR) is 83.2 cm³/mol. The molecule has 1 aliphatic heterocycles. The van der Waals surface area contributed by atoms with Gasteiger partial charge in [-0.3, -0.25) is 0 Å². The monoisotopic (exact) mass is 343 g/mol. The first-order valence-electron chi connectivity index (χ1n) is 7.35. The Bertz CT molecular complexity index is 438. The Morgan fingerprint density at radius 1 is 1.45 bits per heavy atom. The maximum Gasteiger partial charge on any atom is 0.124 e. The summed E-state index contributed by atoms with van der Waals surface area (Å²) in [5.41, 5.74) is 1.06. The second-order valence-electron chi connectivity index (χ2n) is 5.91. The van der Waals surface area contributed by atoms with Gasteiger partial charge in [-0.2, -0.15) is 0 Å². The third kappa shape index (κ3) is 4.27. The van der Waals surface area contributed by atoms with Gasteiger partial charge >= 0.3 is 0 Å². The van der Waals surface area contributed by atoms with Crippen LogP contribution in [0.25, 0.3) is 0 Å². The zero-order chi connectivity index (χ0) is 14.5. The van der Waals surface area contributed by atoms with Crippen molar-refractivity contribution in [2.24, 2.45) is 11.8 Å². The van der Waals surface area contributed by atoms with Crippen LogP contribution in [0, 0.1) is 17.7 Å². The fraction of sp³-hybridized carbons (Fsp3) is 0.625. The molecule has 0 spiro atoms. The molecule has 1 aromatic carbocycles. The van der Waals surface area contributed by atoms with Gasteiger partial charge in [0.05, 0.1) is 6.10 Å². The van der Waals surface area contributed by atoms with Crippen LogP contribution in [0.5, 0.6) is 0 Å². The molecule has 0 bridgehead atoms. The van der Waals surface area contributed by atoms with Gasteiger partial charge in [0.2, 0.25) is 0 Å². The second kappa shape index (κ2) is 7.53. The van der Waals surface area contributed by atoms with Crippen LogP contribution in [0.4, 0.5) is 4.39 Å². The number of hydrogen-bond acceptors (Lipinski definition) is 2. The topological polar surface area (TPSA) is 21.3 Å². The molecule has 2 rings (SSSR count). The van der Waals surface area contributed by atoms with Crippen LogP contribution in [0.1, 0.15) is 38.4 Å². The van der Waals surface area contributed by atoms with Crippen LogP contribution < -0.4 is 5.32 Å².